The molecule has 1 saturated heterocycles. The Balaban J connectivity index is 1.30. The van der Waals surface area contributed by atoms with Gasteiger partial charge in [-0.3, -0.25) is 4.79 Å². The van der Waals surface area contributed by atoms with Crippen LogP contribution in [0.4, 0.5) is 5.69 Å². The number of nitrogens with zero attached hydrogens (tertiary/aromatic N) is 4. The van der Waals surface area contributed by atoms with E-state index in [0.29, 0.717) is 24.9 Å². The first-order chi connectivity index (χ1) is 15.5. The van der Waals surface area contributed by atoms with E-state index < -0.39 is 10.0 Å². The molecular weight excluding hydrogens is 430 g/mol. The average Bonchev–Trinajstić information content (AvgIpc) is 3.31. The molecule has 1 amide bonds. The van der Waals surface area contributed by atoms with Gasteiger partial charge in [0.2, 0.25) is 15.9 Å². The summed E-state index contributed by atoms with van der Waals surface area (Å²) in [4.78, 5) is 14.9. The van der Waals surface area contributed by atoms with Crippen molar-refractivity contribution in [3.05, 3.63) is 48.5 Å². The molecule has 2 aromatic carbocycles. The fourth-order valence-corrected chi connectivity index (χ4v) is 5.66. The first-order valence-corrected chi connectivity index (χ1v) is 12.2. The SMILES string of the molecule is CCN(CCNC(=O)C1CCN(S(=O)(=O)c2cccc3nonc23)CC1)c1ccccc1. The molecular formula is C22H27N5O4S. The van der Waals surface area contributed by atoms with Crippen molar-refractivity contribution in [2.75, 3.05) is 37.6 Å². The molecule has 1 aromatic heterocycles. The summed E-state index contributed by atoms with van der Waals surface area (Å²) < 4.78 is 32.3. The van der Waals surface area contributed by atoms with E-state index in [1.54, 1.807) is 12.1 Å². The van der Waals surface area contributed by atoms with Crippen molar-refractivity contribution in [2.45, 2.75) is 24.7 Å². The Morgan fingerprint density at radius 2 is 1.88 bits per heavy atom. The Labute approximate surface area is 187 Å². The van der Waals surface area contributed by atoms with E-state index in [1.807, 2.05) is 18.2 Å². The van der Waals surface area contributed by atoms with Gasteiger partial charge in [0.15, 0.2) is 5.52 Å². The number of sulfonamides is 1. The number of hydrogen-bond donors (Lipinski definition) is 1. The highest BCUT2D eigenvalue weighted by Gasteiger charge is 2.33. The van der Waals surface area contributed by atoms with E-state index in [0.717, 1.165) is 18.8 Å². The molecule has 0 saturated carbocycles. The molecule has 9 nitrogen and oxygen atoms in total. The van der Waals surface area contributed by atoms with E-state index in [4.69, 9.17) is 0 Å². The van der Waals surface area contributed by atoms with Gasteiger partial charge in [-0.1, -0.05) is 24.3 Å². The maximum absolute atomic E-state index is 13.1. The summed E-state index contributed by atoms with van der Waals surface area (Å²) in [5.41, 5.74) is 1.75. The van der Waals surface area contributed by atoms with E-state index in [1.165, 1.54) is 10.4 Å². The molecule has 170 valence electrons. The van der Waals surface area contributed by atoms with Crippen LogP contribution in [0.5, 0.6) is 0 Å². The smallest absolute Gasteiger partial charge is 0.245 e. The van der Waals surface area contributed by atoms with Crippen molar-refractivity contribution >= 4 is 32.7 Å². The normalized spacial score (nSPS) is 15.7. The zero-order valence-corrected chi connectivity index (χ0v) is 18.8. The highest BCUT2D eigenvalue weighted by molar-refractivity contribution is 7.89. The van der Waals surface area contributed by atoms with E-state index in [2.05, 4.69) is 44.2 Å². The Kier molecular flexibility index (Phi) is 6.71. The largest absolute Gasteiger partial charge is 0.370 e. The molecule has 1 aliphatic heterocycles. The zero-order chi connectivity index (χ0) is 22.6. The molecule has 0 unspecified atom stereocenters. The summed E-state index contributed by atoms with van der Waals surface area (Å²) in [6.45, 7) is 4.77. The number of aromatic nitrogens is 2. The molecule has 0 bridgehead atoms. The van der Waals surface area contributed by atoms with Gasteiger partial charge < -0.3 is 10.2 Å². The Morgan fingerprint density at radius 1 is 1.12 bits per heavy atom. The van der Waals surface area contributed by atoms with E-state index in [-0.39, 0.29) is 35.3 Å². The summed E-state index contributed by atoms with van der Waals surface area (Å²) in [5.74, 6) is -0.216. The Hall–Kier alpha value is -2.98. The summed E-state index contributed by atoms with van der Waals surface area (Å²) in [5, 5.41) is 10.5. The summed E-state index contributed by atoms with van der Waals surface area (Å²) in [6.07, 6.45) is 0.961. The second kappa shape index (κ2) is 9.66. The van der Waals surface area contributed by atoms with E-state index in [9.17, 15) is 13.2 Å². The zero-order valence-electron chi connectivity index (χ0n) is 18.0. The van der Waals surface area contributed by atoms with Crippen LogP contribution < -0.4 is 10.2 Å². The second-order valence-corrected chi connectivity index (χ2v) is 9.68. The number of benzene rings is 2. The number of likely N-dealkylation sites (N-methyl/N-ethyl adjacent to an activating group) is 1. The van der Waals surface area contributed by atoms with Crippen molar-refractivity contribution in [3.63, 3.8) is 0 Å². The van der Waals surface area contributed by atoms with Crippen molar-refractivity contribution in [1.29, 1.82) is 0 Å². The molecule has 1 fully saturated rings. The van der Waals surface area contributed by atoms with Crippen molar-refractivity contribution in [2.24, 2.45) is 5.92 Å². The van der Waals surface area contributed by atoms with Gasteiger partial charge in [0.1, 0.15) is 10.4 Å². The number of carbonyl (C=O) groups excluding carboxylic acids is 1. The third-order valence-corrected chi connectivity index (χ3v) is 7.81. The van der Waals surface area contributed by atoms with Crippen LogP contribution in [-0.4, -0.2) is 61.7 Å². The Morgan fingerprint density at radius 3 is 2.59 bits per heavy atom. The topological polar surface area (TPSA) is 109 Å². The molecule has 1 aliphatic rings. The quantitative estimate of drug-likeness (QED) is 0.553. The van der Waals surface area contributed by atoms with Crippen LogP contribution in [0.25, 0.3) is 11.0 Å². The van der Waals surface area contributed by atoms with Crippen LogP contribution in [0, 0.1) is 5.92 Å². The van der Waals surface area contributed by atoms with Gasteiger partial charge in [0.05, 0.1) is 0 Å². The molecule has 4 rings (SSSR count). The van der Waals surface area contributed by atoms with Crippen molar-refractivity contribution in [3.8, 4) is 0 Å². The molecule has 10 heteroatoms. The van der Waals surface area contributed by atoms with Gasteiger partial charge in [-0.05, 0) is 54.3 Å². The lowest BCUT2D eigenvalue weighted by Crippen LogP contribution is -2.44. The number of fused-ring (bicyclic) bond motifs is 1. The first kappa shape index (κ1) is 22.2. The molecule has 3 aromatic rings. The van der Waals surface area contributed by atoms with Gasteiger partial charge in [-0.25, -0.2) is 13.0 Å². The van der Waals surface area contributed by atoms with Crippen LogP contribution in [-0.2, 0) is 14.8 Å². The van der Waals surface area contributed by atoms with Crippen LogP contribution in [0.3, 0.4) is 0 Å². The number of piperidine rings is 1. The average molecular weight is 458 g/mol. The molecule has 1 N–H and O–H groups in total. The number of carbonyl (C=O) groups is 1. The van der Waals surface area contributed by atoms with Gasteiger partial charge in [-0.2, -0.15) is 4.31 Å². The highest BCUT2D eigenvalue weighted by Crippen LogP contribution is 2.27. The minimum absolute atomic E-state index is 0.0195. The summed E-state index contributed by atoms with van der Waals surface area (Å²) in [6, 6.07) is 14.9. The third kappa shape index (κ3) is 4.61. The fourth-order valence-electron chi connectivity index (χ4n) is 4.05. The first-order valence-electron chi connectivity index (χ1n) is 10.8. The van der Waals surface area contributed by atoms with Gasteiger partial charge in [-0.15, -0.1) is 0 Å². The standard InChI is InChI=1S/C22H27N5O4S/c1-2-26(18-7-4-3-5-8-18)16-13-23-22(28)17-11-14-27(15-12-17)32(29,30)20-10-6-9-19-21(20)25-31-24-19/h3-10,17H,2,11-16H2,1H3,(H,23,28). The predicted octanol–water partition coefficient (Wildman–Crippen LogP) is 2.27. The number of amides is 1. The Bertz CT molecular complexity index is 1160. The molecule has 2 heterocycles. The molecule has 32 heavy (non-hydrogen) atoms. The summed E-state index contributed by atoms with van der Waals surface area (Å²) in [7, 11) is -3.74. The van der Waals surface area contributed by atoms with Crippen LogP contribution in [0.1, 0.15) is 19.8 Å². The molecule has 0 aliphatic carbocycles. The lowest BCUT2D eigenvalue weighted by atomic mass is 9.97. The van der Waals surface area contributed by atoms with Crippen molar-refractivity contribution < 1.29 is 17.8 Å². The monoisotopic (exact) mass is 457 g/mol. The van der Waals surface area contributed by atoms with Crippen molar-refractivity contribution in [1.82, 2.24) is 19.9 Å². The summed E-state index contributed by atoms with van der Waals surface area (Å²) >= 11 is 0. The lowest BCUT2D eigenvalue weighted by Gasteiger charge is -2.31. The highest BCUT2D eigenvalue weighted by atomic mass is 32.2. The molecule has 0 spiro atoms. The maximum atomic E-state index is 13.1. The van der Waals surface area contributed by atoms with Gasteiger partial charge in [0, 0.05) is 44.3 Å². The molecule has 0 atom stereocenters. The number of para-hydroxylation sites is 1. The number of anilines is 1. The third-order valence-electron chi connectivity index (χ3n) is 5.88. The van der Waals surface area contributed by atoms with Crippen LogP contribution >= 0.6 is 0 Å². The second-order valence-electron chi connectivity index (χ2n) is 7.77. The van der Waals surface area contributed by atoms with Gasteiger partial charge >= 0.3 is 0 Å². The number of rotatable bonds is 8. The van der Waals surface area contributed by atoms with E-state index >= 15 is 0 Å². The van der Waals surface area contributed by atoms with Crippen LogP contribution in [0.15, 0.2) is 58.1 Å². The minimum Gasteiger partial charge on any atom is -0.370 e. The maximum Gasteiger partial charge on any atom is 0.245 e. The number of hydrogen-bond acceptors (Lipinski definition) is 7. The van der Waals surface area contributed by atoms with Gasteiger partial charge in [0.25, 0.3) is 0 Å². The van der Waals surface area contributed by atoms with Crippen LogP contribution in [0.2, 0.25) is 0 Å². The lowest BCUT2D eigenvalue weighted by molar-refractivity contribution is -0.126. The minimum atomic E-state index is -3.74. The fraction of sp³-hybridized carbons (Fsp3) is 0.409. The number of nitrogens with one attached hydrogen (secondary N) is 1. The predicted molar refractivity (Wildman–Crippen MR) is 121 cm³/mol. The molecule has 0 radical (unpaired) electrons.